The van der Waals surface area contributed by atoms with Crippen molar-refractivity contribution in [2.45, 2.75) is 113 Å². The summed E-state index contributed by atoms with van der Waals surface area (Å²) < 4.78 is 87.1. The van der Waals surface area contributed by atoms with E-state index in [-0.39, 0.29) is 67.8 Å². The molecule has 0 unspecified atom stereocenters. The van der Waals surface area contributed by atoms with Crippen molar-refractivity contribution in [3.8, 4) is 11.8 Å². The highest BCUT2D eigenvalue weighted by atomic mass is 32.2. The predicted molar refractivity (Wildman–Crippen MR) is 245 cm³/mol. The first-order valence-corrected chi connectivity index (χ1v) is 25.5. The number of hydrogen-bond acceptors (Lipinski definition) is 16. The average molecular weight is 1020 g/mol. The van der Waals surface area contributed by atoms with Crippen LogP contribution in [0.2, 0.25) is 0 Å². The Morgan fingerprint density at radius 2 is 1.77 bits per heavy atom. The summed E-state index contributed by atoms with van der Waals surface area (Å²) in [6.07, 6.45) is 3.56. The van der Waals surface area contributed by atoms with Crippen molar-refractivity contribution >= 4 is 62.2 Å². The van der Waals surface area contributed by atoms with Gasteiger partial charge in [-0.15, -0.1) is 0 Å². The van der Waals surface area contributed by atoms with Gasteiger partial charge in [0.05, 0.1) is 31.2 Å². The number of allylic oxidation sites excluding steroid dienone is 4. The molecule has 23 heteroatoms. The van der Waals surface area contributed by atoms with Crippen LogP contribution in [0.15, 0.2) is 54.0 Å². The number of ketones is 1. The number of amides is 3. The van der Waals surface area contributed by atoms with E-state index < -0.39 is 147 Å². The minimum atomic E-state index is -3.56. The average Bonchev–Trinajstić information content (AvgIpc) is 3.52. The summed E-state index contributed by atoms with van der Waals surface area (Å²) in [5, 5.41) is 17.9. The third kappa shape index (κ3) is 11.8. The van der Waals surface area contributed by atoms with E-state index in [0.717, 1.165) is 18.4 Å². The number of carbonyl (C=O) groups excluding carboxylic acids is 7. The van der Waals surface area contributed by atoms with Crippen LogP contribution < -0.4 is 16.0 Å². The maximum Gasteiger partial charge on any atom is 0.309 e. The zero-order chi connectivity index (χ0) is 51.7. The van der Waals surface area contributed by atoms with E-state index in [1.807, 2.05) is 0 Å². The Labute approximate surface area is 408 Å². The number of esters is 2. The molecule has 4 aliphatic rings. The third-order valence-electron chi connectivity index (χ3n) is 13.7. The van der Waals surface area contributed by atoms with Gasteiger partial charge in [0.2, 0.25) is 37.8 Å². The number of unbranched alkanes of at least 4 members (excludes halogenated alkanes) is 1. The summed E-state index contributed by atoms with van der Waals surface area (Å²) in [4.78, 5) is 98.1. The van der Waals surface area contributed by atoms with E-state index in [9.17, 15) is 51.5 Å². The van der Waals surface area contributed by atoms with Gasteiger partial charge in [-0.2, -0.15) is 0 Å². The Kier molecular flexibility index (Phi) is 18.4. The molecule has 0 radical (unpaired) electrons. The number of hydrogen-bond donors (Lipinski definition) is 4. The molecule has 0 bridgehead atoms. The molecule has 5 rings (SSSR count). The summed E-state index contributed by atoms with van der Waals surface area (Å²) in [5.41, 5.74) is -7.45. The molecule has 10 atom stereocenters. The zero-order valence-corrected chi connectivity index (χ0v) is 40.9. The lowest BCUT2D eigenvalue weighted by Gasteiger charge is -2.63. The first kappa shape index (κ1) is 55.5. The van der Waals surface area contributed by atoms with Crippen LogP contribution in [0, 0.1) is 40.4 Å². The molecule has 1 aromatic heterocycles. The van der Waals surface area contributed by atoms with Gasteiger partial charge in [0, 0.05) is 60.6 Å². The van der Waals surface area contributed by atoms with Crippen molar-refractivity contribution < 1.29 is 74.5 Å². The second kappa shape index (κ2) is 23.2. The second-order valence-corrected chi connectivity index (χ2v) is 21.0. The fraction of sp³-hybridized carbons (Fsp3) is 0.596. The molecule has 3 saturated carbocycles. The Bertz CT molecular complexity index is 2450. The summed E-state index contributed by atoms with van der Waals surface area (Å²) in [7, 11) is -3.56. The lowest BCUT2D eigenvalue weighted by molar-refractivity contribution is -0.229. The van der Waals surface area contributed by atoms with Gasteiger partial charge in [0.15, 0.2) is 17.1 Å². The largest absolute Gasteiger partial charge is 0.461 e. The van der Waals surface area contributed by atoms with E-state index in [0.29, 0.717) is 12.0 Å². The van der Waals surface area contributed by atoms with Crippen LogP contribution in [0.5, 0.6) is 0 Å². The monoisotopic (exact) mass is 1020 g/mol. The number of alkyl halides is 3. The number of carbonyl (C=O) groups is 7. The number of halogens is 3. The quantitative estimate of drug-likeness (QED) is 0.0344. The summed E-state index contributed by atoms with van der Waals surface area (Å²) in [6, 6.07) is -2.49. The van der Waals surface area contributed by atoms with E-state index >= 15 is 8.78 Å². The maximum absolute atomic E-state index is 17.7. The highest BCUT2D eigenvalue weighted by molar-refractivity contribution is 8.13. The van der Waals surface area contributed by atoms with Crippen LogP contribution in [-0.2, 0) is 57.6 Å². The smallest absolute Gasteiger partial charge is 0.309 e. The van der Waals surface area contributed by atoms with E-state index in [1.54, 1.807) is 13.8 Å². The van der Waals surface area contributed by atoms with Crippen LogP contribution in [0.1, 0.15) is 84.1 Å². The molecule has 1 aromatic rings. The number of aliphatic hydroxyl groups excluding tert-OH is 1. The fourth-order valence-corrected chi connectivity index (χ4v) is 11.7. The normalized spacial score (nSPS) is 29.1. The standard InChI is InChI=1S/C47H58F3N5O13S2/c1-6-17-67-39(60)13-12-35(55-38(59)25-51-37(58)11-9-7-8-10-29-23-52-43(53-24-29)70(5,64)65)41(62)54-27-66-18-15-40(61)68-47(42(63)69-26-48)28(2)19-31-32-21-34(49)33-20-30(56)14-16-44(33,3)46(32,50)36(57)22-45(31,47)4/h6,14,16,20,23-24,28,31-32,34-36,57H,1,7,9,11-13,15,17-19,21-22,25-27H2,2-5H3,(H,51,58)(H,54,62)(H,55,59)/t28-,31+,32+,34+,35+,36+,44+,45+,46+,47+/m1/s1. The van der Waals surface area contributed by atoms with Gasteiger partial charge in [-0.3, -0.25) is 33.6 Å². The zero-order valence-electron chi connectivity index (χ0n) is 39.2. The number of ether oxygens (including phenoxy) is 3. The Balaban J connectivity index is 1.15. The number of fused-ring (bicyclic) bond motifs is 5. The van der Waals surface area contributed by atoms with Gasteiger partial charge in [0.25, 0.3) is 0 Å². The molecule has 0 aromatic carbocycles. The van der Waals surface area contributed by atoms with Crippen molar-refractivity contribution in [3.05, 3.63) is 54.4 Å². The molecule has 4 aliphatic carbocycles. The molecule has 0 spiro atoms. The number of rotatable bonds is 21. The minimum absolute atomic E-state index is 0.00651. The van der Waals surface area contributed by atoms with Crippen molar-refractivity contribution in [3.63, 3.8) is 0 Å². The summed E-state index contributed by atoms with van der Waals surface area (Å²) in [5.74, 6) is -1.50. The topological polar surface area (TPSA) is 263 Å². The number of aliphatic hydroxyl groups is 1. The van der Waals surface area contributed by atoms with Crippen molar-refractivity contribution in [2.24, 2.45) is 28.6 Å². The molecule has 3 amide bonds. The molecule has 382 valence electrons. The molecule has 0 aliphatic heterocycles. The second-order valence-electron chi connectivity index (χ2n) is 18.2. The fourth-order valence-electron chi connectivity index (χ4n) is 10.4. The van der Waals surface area contributed by atoms with E-state index in [4.69, 9.17) is 14.2 Å². The summed E-state index contributed by atoms with van der Waals surface area (Å²) in [6.45, 7) is 6.55. The molecule has 18 nitrogen and oxygen atoms in total. The molecule has 1 heterocycles. The van der Waals surface area contributed by atoms with Crippen LogP contribution >= 0.6 is 11.8 Å². The van der Waals surface area contributed by atoms with Crippen LogP contribution in [0.25, 0.3) is 0 Å². The molecular weight excluding hydrogens is 964 g/mol. The predicted octanol–water partition coefficient (Wildman–Crippen LogP) is 3.03. The number of nitrogens with one attached hydrogen (secondary N) is 3. The van der Waals surface area contributed by atoms with Crippen LogP contribution in [-0.4, -0.2) is 132 Å². The highest BCUT2D eigenvalue weighted by Crippen LogP contribution is 2.72. The first-order chi connectivity index (χ1) is 33.0. The van der Waals surface area contributed by atoms with Gasteiger partial charge in [-0.25, -0.2) is 31.6 Å². The van der Waals surface area contributed by atoms with Gasteiger partial charge in [-0.1, -0.05) is 44.4 Å². The SMILES string of the molecule is C=CCOC(=O)CC[C@H](NC(=O)CNC(=O)CCCC#Cc1cnc(S(C)(=O)=O)nc1)C(=O)NCOCCC(=O)O[C@]1(C(=O)SCF)[C@H](C)C[C@H]2[C@@H]3C[C@H](F)C4=CC(=O)C=C[C@]4(C)[C@@]3(F)[C@@H](O)C[C@@]21C. The minimum Gasteiger partial charge on any atom is -0.461 e. The Morgan fingerprint density at radius 1 is 1.06 bits per heavy atom. The highest BCUT2D eigenvalue weighted by Gasteiger charge is 2.78. The van der Waals surface area contributed by atoms with Gasteiger partial charge in [0.1, 0.15) is 31.6 Å². The lowest BCUT2D eigenvalue weighted by Crippen LogP contribution is -2.70. The van der Waals surface area contributed by atoms with Gasteiger partial charge >= 0.3 is 11.9 Å². The van der Waals surface area contributed by atoms with E-state index in [2.05, 4.69) is 44.3 Å². The molecular formula is C47H58F3N5O13S2. The van der Waals surface area contributed by atoms with Crippen molar-refractivity contribution in [2.75, 3.05) is 38.8 Å². The molecule has 70 heavy (non-hydrogen) atoms. The Hall–Kier alpha value is -5.44. The molecule has 4 N–H and O–H groups in total. The van der Waals surface area contributed by atoms with E-state index in [1.165, 1.54) is 31.5 Å². The van der Waals surface area contributed by atoms with Crippen LogP contribution in [0.4, 0.5) is 13.2 Å². The molecule has 3 fully saturated rings. The van der Waals surface area contributed by atoms with Crippen molar-refractivity contribution in [1.82, 2.24) is 25.9 Å². The lowest BCUT2D eigenvalue weighted by atomic mass is 9.44. The van der Waals surface area contributed by atoms with Crippen LogP contribution in [0.3, 0.4) is 0 Å². The first-order valence-electron chi connectivity index (χ1n) is 22.6. The Morgan fingerprint density at radius 3 is 2.44 bits per heavy atom. The van der Waals surface area contributed by atoms with Gasteiger partial charge in [-0.05, 0) is 74.4 Å². The number of nitrogens with zero attached hydrogens (tertiary/aromatic N) is 2. The van der Waals surface area contributed by atoms with Crippen molar-refractivity contribution in [1.29, 1.82) is 0 Å². The van der Waals surface area contributed by atoms with Gasteiger partial charge < -0.3 is 35.3 Å². The summed E-state index contributed by atoms with van der Waals surface area (Å²) >= 11 is 0.263. The number of sulfone groups is 1. The number of aromatic nitrogens is 2. The third-order valence-corrected chi connectivity index (χ3v) is 15.3. The molecule has 0 saturated heterocycles. The maximum atomic E-state index is 17.7. The number of thioether (sulfide) groups is 1.